The van der Waals surface area contributed by atoms with E-state index in [9.17, 15) is 8.78 Å². The van der Waals surface area contributed by atoms with Gasteiger partial charge in [0, 0.05) is 17.2 Å². The lowest BCUT2D eigenvalue weighted by molar-refractivity contribution is 0.376. The molecule has 1 aromatic carbocycles. The van der Waals surface area contributed by atoms with Gasteiger partial charge in [0.1, 0.15) is 5.82 Å². The van der Waals surface area contributed by atoms with Crippen LogP contribution in [0.25, 0.3) is 0 Å². The third-order valence-electron chi connectivity index (χ3n) is 3.27. The Morgan fingerprint density at radius 1 is 1.35 bits per heavy atom. The first-order valence-corrected chi connectivity index (χ1v) is 5.51. The van der Waals surface area contributed by atoms with Gasteiger partial charge in [-0.1, -0.05) is 0 Å². The number of nitrogens with one attached hydrogen (secondary N) is 1. The van der Waals surface area contributed by atoms with Crippen LogP contribution >= 0.6 is 0 Å². The van der Waals surface area contributed by atoms with Crippen LogP contribution in [0.4, 0.5) is 8.78 Å². The van der Waals surface area contributed by atoms with Crippen molar-refractivity contribution in [1.82, 2.24) is 5.32 Å². The maximum atomic E-state index is 13.9. The number of benzene rings is 1. The Hall–Kier alpha value is -1.20. The third-order valence-corrected chi connectivity index (χ3v) is 3.27. The Morgan fingerprint density at radius 3 is 2.47 bits per heavy atom. The van der Waals surface area contributed by atoms with E-state index in [1.807, 2.05) is 0 Å². The summed E-state index contributed by atoms with van der Waals surface area (Å²) in [5.41, 5.74) is 5.83. The maximum absolute atomic E-state index is 13.9. The molecule has 17 heavy (non-hydrogen) atoms. The van der Waals surface area contributed by atoms with Crippen molar-refractivity contribution < 1.29 is 13.5 Å². The number of hydrogen-bond donors (Lipinski definition) is 2. The molecule has 1 saturated carbocycles. The fraction of sp³-hybridized carbons (Fsp3) is 0.500. The zero-order chi connectivity index (χ0) is 12.6. The quantitative estimate of drug-likeness (QED) is 0.845. The number of rotatable bonds is 4. The van der Waals surface area contributed by atoms with E-state index in [2.05, 4.69) is 5.32 Å². The second-order valence-corrected chi connectivity index (χ2v) is 4.46. The summed E-state index contributed by atoms with van der Waals surface area (Å²) in [4.78, 5) is 0. The lowest BCUT2D eigenvalue weighted by atomic mass is 9.97. The van der Waals surface area contributed by atoms with Crippen molar-refractivity contribution in [2.24, 2.45) is 5.73 Å². The highest BCUT2D eigenvalue weighted by atomic mass is 19.1. The van der Waals surface area contributed by atoms with Crippen LogP contribution in [0.2, 0.25) is 0 Å². The molecular weight excluding hydrogens is 226 g/mol. The SMILES string of the molecule is CNC(c1cc(F)c(OC)cc1F)C1(N)CC1. The highest BCUT2D eigenvalue weighted by Gasteiger charge is 2.46. The van der Waals surface area contributed by atoms with Crippen molar-refractivity contribution in [2.45, 2.75) is 24.4 Å². The molecule has 5 heteroatoms. The molecule has 2 rings (SSSR count). The first-order chi connectivity index (χ1) is 8.01. The number of nitrogens with two attached hydrogens (primary N) is 1. The van der Waals surface area contributed by atoms with Crippen molar-refractivity contribution in [3.8, 4) is 5.75 Å². The summed E-state index contributed by atoms with van der Waals surface area (Å²) in [6, 6.07) is 1.84. The van der Waals surface area contributed by atoms with Crippen molar-refractivity contribution in [1.29, 1.82) is 0 Å². The molecule has 0 heterocycles. The normalized spacial score (nSPS) is 18.9. The smallest absolute Gasteiger partial charge is 0.165 e. The molecule has 3 nitrogen and oxygen atoms in total. The van der Waals surface area contributed by atoms with Gasteiger partial charge in [0.15, 0.2) is 11.6 Å². The molecule has 0 bridgehead atoms. The first kappa shape index (κ1) is 12.3. The number of hydrogen-bond acceptors (Lipinski definition) is 3. The predicted molar refractivity (Wildman–Crippen MR) is 60.9 cm³/mol. The van der Waals surface area contributed by atoms with Crippen LogP contribution in [-0.4, -0.2) is 19.7 Å². The number of likely N-dealkylation sites (N-methyl/N-ethyl adjacent to an activating group) is 1. The van der Waals surface area contributed by atoms with Gasteiger partial charge >= 0.3 is 0 Å². The first-order valence-electron chi connectivity index (χ1n) is 5.51. The standard InChI is InChI=1S/C12H16F2N2O/c1-16-11(12(15)3-4-12)7-5-9(14)10(17-2)6-8(7)13/h5-6,11,16H,3-4,15H2,1-2H3. The lowest BCUT2D eigenvalue weighted by Crippen LogP contribution is -2.39. The largest absolute Gasteiger partial charge is 0.494 e. The topological polar surface area (TPSA) is 47.3 Å². The summed E-state index contributed by atoms with van der Waals surface area (Å²) in [7, 11) is 3.00. The molecular formula is C12H16F2N2O. The molecule has 3 N–H and O–H groups in total. The van der Waals surface area contributed by atoms with E-state index in [-0.39, 0.29) is 17.4 Å². The molecule has 1 fully saturated rings. The molecule has 0 aliphatic heterocycles. The van der Waals surface area contributed by atoms with E-state index >= 15 is 0 Å². The lowest BCUT2D eigenvalue weighted by Gasteiger charge is -2.24. The zero-order valence-corrected chi connectivity index (χ0v) is 9.89. The maximum Gasteiger partial charge on any atom is 0.165 e. The van der Waals surface area contributed by atoms with Gasteiger partial charge in [-0.05, 0) is 26.0 Å². The van der Waals surface area contributed by atoms with E-state index in [4.69, 9.17) is 10.5 Å². The Morgan fingerprint density at radius 2 is 2.00 bits per heavy atom. The summed E-state index contributed by atoms with van der Waals surface area (Å²) >= 11 is 0. The predicted octanol–water partition coefficient (Wildman–Crippen LogP) is 1.73. The second kappa shape index (κ2) is 4.23. The molecule has 1 aromatic rings. The monoisotopic (exact) mass is 242 g/mol. The minimum Gasteiger partial charge on any atom is -0.494 e. The van der Waals surface area contributed by atoms with Gasteiger partial charge in [-0.2, -0.15) is 0 Å². The molecule has 1 atom stereocenters. The van der Waals surface area contributed by atoms with Gasteiger partial charge in [-0.15, -0.1) is 0 Å². The van der Waals surface area contributed by atoms with Gasteiger partial charge < -0.3 is 15.8 Å². The summed E-state index contributed by atoms with van der Waals surface area (Å²) < 4.78 is 32.2. The van der Waals surface area contributed by atoms with Crippen molar-refractivity contribution in [3.05, 3.63) is 29.3 Å². The number of methoxy groups -OCH3 is 1. The average molecular weight is 242 g/mol. The molecule has 0 spiro atoms. The minimum absolute atomic E-state index is 0.0945. The van der Waals surface area contributed by atoms with Gasteiger partial charge in [0.2, 0.25) is 0 Å². The molecule has 94 valence electrons. The third kappa shape index (κ3) is 2.12. The van der Waals surface area contributed by atoms with E-state index in [1.54, 1.807) is 7.05 Å². The van der Waals surface area contributed by atoms with Crippen LogP contribution in [-0.2, 0) is 0 Å². The van der Waals surface area contributed by atoms with Crippen LogP contribution in [0.15, 0.2) is 12.1 Å². The van der Waals surface area contributed by atoms with Crippen LogP contribution in [0, 0.1) is 11.6 Å². The fourth-order valence-corrected chi connectivity index (χ4v) is 2.11. The molecule has 0 aromatic heterocycles. The van der Waals surface area contributed by atoms with Crippen molar-refractivity contribution >= 4 is 0 Å². The summed E-state index contributed by atoms with van der Waals surface area (Å²) in [5, 5.41) is 2.95. The van der Waals surface area contributed by atoms with Gasteiger partial charge in [-0.3, -0.25) is 0 Å². The Kier molecular flexibility index (Phi) is 3.05. The highest BCUT2D eigenvalue weighted by Crippen LogP contribution is 2.44. The van der Waals surface area contributed by atoms with Crippen LogP contribution < -0.4 is 15.8 Å². The van der Waals surface area contributed by atoms with Gasteiger partial charge in [0.05, 0.1) is 13.2 Å². The number of halogens is 2. The van der Waals surface area contributed by atoms with Crippen molar-refractivity contribution in [3.63, 3.8) is 0 Å². The number of ether oxygens (including phenoxy) is 1. The van der Waals surface area contributed by atoms with Crippen LogP contribution in [0.5, 0.6) is 5.75 Å². The van der Waals surface area contributed by atoms with E-state index < -0.39 is 17.2 Å². The molecule has 0 saturated heterocycles. The molecule has 0 amide bonds. The molecule has 1 aliphatic carbocycles. The molecule has 0 radical (unpaired) electrons. The van der Waals surface area contributed by atoms with Crippen LogP contribution in [0.3, 0.4) is 0 Å². The molecule has 1 aliphatic rings. The highest BCUT2D eigenvalue weighted by molar-refractivity contribution is 5.35. The Bertz CT molecular complexity index is 433. The van der Waals surface area contributed by atoms with Gasteiger partial charge in [-0.25, -0.2) is 8.78 Å². The van der Waals surface area contributed by atoms with E-state index in [0.717, 1.165) is 25.0 Å². The summed E-state index contributed by atoms with van der Waals surface area (Å²) in [6.07, 6.45) is 1.62. The fourth-order valence-electron chi connectivity index (χ4n) is 2.11. The van der Waals surface area contributed by atoms with Gasteiger partial charge in [0.25, 0.3) is 0 Å². The minimum atomic E-state index is -0.576. The Balaban J connectivity index is 2.40. The van der Waals surface area contributed by atoms with Crippen molar-refractivity contribution in [2.75, 3.05) is 14.2 Å². The second-order valence-electron chi connectivity index (χ2n) is 4.46. The zero-order valence-electron chi connectivity index (χ0n) is 9.89. The summed E-state index contributed by atoms with van der Waals surface area (Å²) in [6.45, 7) is 0. The van der Waals surface area contributed by atoms with E-state index in [0.29, 0.717) is 0 Å². The molecule has 1 unspecified atom stereocenters. The van der Waals surface area contributed by atoms with Crippen LogP contribution in [0.1, 0.15) is 24.4 Å². The Labute approximate surface area is 98.9 Å². The average Bonchev–Trinajstić information content (AvgIpc) is 3.02. The van der Waals surface area contributed by atoms with E-state index in [1.165, 1.54) is 7.11 Å². The summed E-state index contributed by atoms with van der Waals surface area (Å²) in [5.74, 6) is -1.17.